The van der Waals surface area contributed by atoms with Crippen LogP contribution in [0, 0.1) is 16.7 Å². The van der Waals surface area contributed by atoms with Gasteiger partial charge in [-0.2, -0.15) is 0 Å². The highest BCUT2D eigenvalue weighted by atomic mass is 32.2. The molecule has 0 aliphatic heterocycles. The van der Waals surface area contributed by atoms with Gasteiger partial charge in [0.2, 0.25) is 15.9 Å². The van der Waals surface area contributed by atoms with E-state index in [0.29, 0.717) is 18.0 Å². The highest BCUT2D eigenvalue weighted by Gasteiger charge is 2.59. The maximum atomic E-state index is 13.2. The number of carbonyl (C=O) groups excluding carboxylic acids is 1. The maximum Gasteiger partial charge on any atom is 0.231 e. The molecule has 0 radical (unpaired) electrons. The van der Waals surface area contributed by atoms with Crippen LogP contribution in [-0.4, -0.2) is 54.5 Å². The summed E-state index contributed by atoms with van der Waals surface area (Å²) >= 11 is 1.30. The predicted octanol–water partition coefficient (Wildman–Crippen LogP) is 2.77. The molecule has 4 N–H and O–H groups in total. The zero-order valence-corrected chi connectivity index (χ0v) is 21.4. The summed E-state index contributed by atoms with van der Waals surface area (Å²) in [6.45, 7) is 3.94. The molecular weight excluding hydrogens is 462 g/mol. The summed E-state index contributed by atoms with van der Waals surface area (Å²) in [6.07, 6.45) is 8.14. The van der Waals surface area contributed by atoms with E-state index in [9.17, 15) is 23.4 Å². The molecule has 2 saturated carbocycles. The second-order valence-corrected chi connectivity index (χ2v) is 13.7. The van der Waals surface area contributed by atoms with Crippen molar-refractivity contribution >= 4 is 32.4 Å². The Kier molecular flexibility index (Phi) is 6.85. The molecule has 5 unspecified atom stereocenters. The molecule has 1 heterocycles. The standard InChI is InChI=1S/C23H37N3O5S2/c1-22-10-9-18(28)23(2,13-27)17(22)12-16-20(25-21(32-16)26-33(3,30)31)15(22)11-19(29)24-14-7-5-4-6-8-14/h14-15,17-18,27-28H,4-13H2,1-3H3,(H,24,29)(H,25,26). The number of amides is 1. The monoisotopic (exact) mass is 499 g/mol. The second-order valence-electron chi connectivity index (χ2n) is 10.8. The van der Waals surface area contributed by atoms with Gasteiger partial charge in [-0.15, -0.1) is 11.3 Å². The summed E-state index contributed by atoms with van der Waals surface area (Å²) in [5.41, 5.74) is -0.248. The highest BCUT2D eigenvalue weighted by molar-refractivity contribution is 7.92. The van der Waals surface area contributed by atoms with Crippen molar-refractivity contribution < 1.29 is 23.4 Å². The minimum absolute atomic E-state index is 0.00201. The SMILES string of the molecule is CC1(CO)C(O)CCC2(C)C(CC(=O)NC3CCCCC3)c3nc(NS(C)(=O)=O)sc3CC12. The number of hydrogen-bond acceptors (Lipinski definition) is 7. The van der Waals surface area contributed by atoms with Crippen LogP contribution in [0.3, 0.4) is 0 Å². The zero-order chi connectivity index (χ0) is 24.0. The molecule has 3 aliphatic rings. The maximum absolute atomic E-state index is 13.2. The van der Waals surface area contributed by atoms with Gasteiger partial charge in [0, 0.05) is 28.7 Å². The molecule has 8 nitrogen and oxygen atoms in total. The molecule has 3 aliphatic carbocycles. The van der Waals surface area contributed by atoms with Crippen LogP contribution in [0.15, 0.2) is 0 Å². The summed E-state index contributed by atoms with van der Waals surface area (Å²) < 4.78 is 26.1. The smallest absolute Gasteiger partial charge is 0.231 e. The van der Waals surface area contributed by atoms with Crippen molar-refractivity contribution in [1.82, 2.24) is 10.3 Å². The second kappa shape index (κ2) is 9.09. The van der Waals surface area contributed by atoms with Gasteiger partial charge in [0.25, 0.3) is 0 Å². The first-order valence-corrected chi connectivity index (χ1v) is 14.7. The summed E-state index contributed by atoms with van der Waals surface area (Å²) in [4.78, 5) is 18.8. The number of fused-ring (bicyclic) bond motifs is 2. The van der Waals surface area contributed by atoms with E-state index < -0.39 is 21.5 Å². The van der Waals surface area contributed by atoms with Gasteiger partial charge >= 0.3 is 0 Å². The average molecular weight is 500 g/mol. The van der Waals surface area contributed by atoms with Crippen LogP contribution >= 0.6 is 11.3 Å². The summed E-state index contributed by atoms with van der Waals surface area (Å²) in [5, 5.41) is 24.7. The number of carbonyl (C=O) groups is 1. The Morgan fingerprint density at radius 2 is 1.91 bits per heavy atom. The van der Waals surface area contributed by atoms with Crippen molar-refractivity contribution in [3.05, 3.63) is 10.6 Å². The fourth-order valence-corrected chi connectivity index (χ4v) is 8.47. The molecule has 10 heteroatoms. The van der Waals surface area contributed by atoms with Crippen LogP contribution in [0.1, 0.15) is 81.7 Å². The van der Waals surface area contributed by atoms with Gasteiger partial charge in [-0.3, -0.25) is 9.52 Å². The molecule has 0 aromatic carbocycles. The third-order valence-electron chi connectivity index (χ3n) is 8.53. The predicted molar refractivity (Wildman–Crippen MR) is 129 cm³/mol. The zero-order valence-electron chi connectivity index (χ0n) is 19.8. The Labute approximate surface area is 200 Å². The van der Waals surface area contributed by atoms with Crippen LogP contribution in [-0.2, 0) is 21.2 Å². The van der Waals surface area contributed by atoms with Gasteiger partial charge in [-0.1, -0.05) is 33.1 Å². The molecule has 0 spiro atoms. The van der Waals surface area contributed by atoms with E-state index in [0.717, 1.165) is 48.9 Å². The van der Waals surface area contributed by atoms with Gasteiger partial charge in [-0.25, -0.2) is 13.4 Å². The van der Waals surface area contributed by atoms with E-state index in [-0.39, 0.29) is 42.2 Å². The lowest BCUT2D eigenvalue weighted by molar-refractivity contribution is -0.144. The van der Waals surface area contributed by atoms with Crippen LogP contribution < -0.4 is 10.0 Å². The van der Waals surface area contributed by atoms with Crippen molar-refractivity contribution in [2.75, 3.05) is 17.6 Å². The van der Waals surface area contributed by atoms with Gasteiger partial charge in [0.1, 0.15) is 0 Å². The van der Waals surface area contributed by atoms with Crippen molar-refractivity contribution in [2.45, 2.75) is 89.7 Å². The van der Waals surface area contributed by atoms with Crippen molar-refractivity contribution in [3.63, 3.8) is 0 Å². The number of nitrogens with one attached hydrogen (secondary N) is 2. The highest BCUT2D eigenvalue weighted by Crippen LogP contribution is 2.62. The topological polar surface area (TPSA) is 129 Å². The average Bonchev–Trinajstić information content (AvgIpc) is 3.13. The van der Waals surface area contributed by atoms with E-state index in [1.165, 1.54) is 17.8 Å². The third kappa shape index (κ3) is 4.81. The number of thiazole rings is 1. The summed E-state index contributed by atoms with van der Waals surface area (Å²) in [6, 6.07) is 0.215. The largest absolute Gasteiger partial charge is 0.396 e. The van der Waals surface area contributed by atoms with Gasteiger partial charge < -0.3 is 15.5 Å². The Morgan fingerprint density at radius 1 is 1.21 bits per heavy atom. The van der Waals surface area contributed by atoms with Crippen molar-refractivity contribution in [1.29, 1.82) is 0 Å². The van der Waals surface area contributed by atoms with E-state index in [4.69, 9.17) is 0 Å². The fraction of sp³-hybridized carbons (Fsp3) is 0.826. The van der Waals surface area contributed by atoms with E-state index in [2.05, 4.69) is 21.9 Å². The van der Waals surface area contributed by atoms with E-state index in [1.54, 1.807) is 0 Å². The number of hydrogen-bond donors (Lipinski definition) is 4. The molecule has 186 valence electrons. The summed E-state index contributed by atoms with van der Waals surface area (Å²) in [5.74, 6) is -0.257. The molecule has 5 atom stereocenters. The number of rotatable bonds is 6. The van der Waals surface area contributed by atoms with Gasteiger partial charge in [0.05, 0.1) is 24.7 Å². The molecule has 1 amide bonds. The quantitative estimate of drug-likeness (QED) is 0.476. The Morgan fingerprint density at radius 3 is 2.55 bits per heavy atom. The molecular formula is C23H37N3O5S2. The van der Waals surface area contributed by atoms with Crippen LogP contribution in [0.2, 0.25) is 0 Å². The number of sulfonamides is 1. The lowest BCUT2D eigenvalue weighted by atomic mass is 9.47. The normalized spacial score (nSPS) is 34.9. The minimum atomic E-state index is -3.48. The number of nitrogens with zero attached hydrogens (tertiary/aromatic N) is 1. The van der Waals surface area contributed by atoms with E-state index >= 15 is 0 Å². The molecule has 1 aromatic heterocycles. The van der Waals surface area contributed by atoms with Gasteiger partial charge in [-0.05, 0) is 43.4 Å². The fourth-order valence-electron chi connectivity index (χ4n) is 6.57. The van der Waals surface area contributed by atoms with Crippen LogP contribution in [0.5, 0.6) is 0 Å². The van der Waals surface area contributed by atoms with Crippen LogP contribution in [0.4, 0.5) is 5.13 Å². The number of anilines is 1. The lowest BCUT2D eigenvalue weighted by Crippen LogP contribution is -2.57. The molecule has 0 saturated heterocycles. The molecule has 4 rings (SSSR count). The van der Waals surface area contributed by atoms with Crippen molar-refractivity contribution in [2.24, 2.45) is 16.7 Å². The first-order chi connectivity index (χ1) is 15.5. The lowest BCUT2D eigenvalue weighted by Gasteiger charge is -2.58. The molecule has 2 fully saturated rings. The van der Waals surface area contributed by atoms with Gasteiger partial charge in [0.15, 0.2) is 5.13 Å². The Balaban J connectivity index is 1.69. The number of aliphatic hydroxyl groups is 2. The minimum Gasteiger partial charge on any atom is -0.396 e. The Hall–Kier alpha value is -1.23. The first kappa shape index (κ1) is 24.9. The number of aliphatic hydroxyl groups excluding tert-OH is 2. The van der Waals surface area contributed by atoms with Crippen LogP contribution in [0.25, 0.3) is 0 Å². The molecule has 33 heavy (non-hydrogen) atoms. The first-order valence-electron chi connectivity index (χ1n) is 12.0. The number of aromatic nitrogens is 1. The third-order valence-corrected chi connectivity index (χ3v) is 10.2. The molecule has 1 aromatic rings. The summed E-state index contributed by atoms with van der Waals surface area (Å²) in [7, 11) is -3.48. The molecule has 0 bridgehead atoms. The Bertz CT molecular complexity index is 990. The van der Waals surface area contributed by atoms with Crippen molar-refractivity contribution in [3.8, 4) is 0 Å². The van der Waals surface area contributed by atoms with E-state index in [1.807, 2.05) is 6.92 Å².